The number of aromatic amines is 1. The molecular formula is C17H17ClN2O3S. The van der Waals surface area contributed by atoms with E-state index < -0.39 is 11.4 Å². The molecule has 4 rings (SSSR count). The highest BCUT2D eigenvalue weighted by Crippen LogP contribution is 2.49. The van der Waals surface area contributed by atoms with Gasteiger partial charge in [-0.25, -0.2) is 0 Å². The maximum absolute atomic E-state index is 13.0. The molecular weight excluding hydrogens is 348 g/mol. The summed E-state index contributed by atoms with van der Waals surface area (Å²) >= 11 is 7.42. The molecule has 1 amide bonds. The average molecular weight is 365 g/mol. The van der Waals surface area contributed by atoms with Gasteiger partial charge in [0.2, 0.25) is 0 Å². The molecule has 0 bridgehead atoms. The number of carbonyl (C=O) groups excluding carboxylic acids is 1. The van der Waals surface area contributed by atoms with Crippen LogP contribution in [0.25, 0.3) is 10.4 Å². The number of likely N-dealkylation sites (tertiary alicyclic amines) is 1. The monoisotopic (exact) mass is 364 g/mol. The Morgan fingerprint density at radius 3 is 2.88 bits per heavy atom. The van der Waals surface area contributed by atoms with E-state index in [-0.39, 0.29) is 11.8 Å². The Labute approximate surface area is 148 Å². The van der Waals surface area contributed by atoms with Gasteiger partial charge < -0.3 is 15.0 Å². The number of H-pyrrole nitrogens is 1. The zero-order chi connectivity index (χ0) is 16.9. The van der Waals surface area contributed by atoms with E-state index in [1.165, 1.54) is 11.3 Å². The Hall–Kier alpha value is -1.79. The number of carbonyl (C=O) groups is 2. The predicted octanol–water partition coefficient (Wildman–Crippen LogP) is 3.72. The van der Waals surface area contributed by atoms with E-state index in [9.17, 15) is 14.7 Å². The lowest BCUT2D eigenvalue weighted by atomic mass is 9.81. The molecule has 0 spiro atoms. The fraction of sp³-hybridized carbons (Fsp3) is 0.412. The summed E-state index contributed by atoms with van der Waals surface area (Å²) in [6, 6.07) is 3.70. The molecule has 24 heavy (non-hydrogen) atoms. The maximum atomic E-state index is 13.0. The molecule has 1 saturated carbocycles. The topological polar surface area (TPSA) is 73.4 Å². The van der Waals surface area contributed by atoms with Crippen LogP contribution in [0.5, 0.6) is 0 Å². The van der Waals surface area contributed by atoms with Gasteiger partial charge in [-0.3, -0.25) is 9.59 Å². The summed E-state index contributed by atoms with van der Waals surface area (Å²) in [7, 11) is 0. The van der Waals surface area contributed by atoms with Gasteiger partial charge in [-0.15, -0.1) is 11.3 Å². The highest BCUT2D eigenvalue weighted by Gasteiger charge is 2.55. The van der Waals surface area contributed by atoms with Crippen LogP contribution in [0.2, 0.25) is 4.34 Å². The molecule has 0 aromatic carbocycles. The van der Waals surface area contributed by atoms with Gasteiger partial charge in [0.15, 0.2) is 0 Å². The van der Waals surface area contributed by atoms with Crippen LogP contribution in [0.1, 0.15) is 29.6 Å². The Balaban J connectivity index is 1.62. The van der Waals surface area contributed by atoms with Crippen LogP contribution >= 0.6 is 22.9 Å². The second kappa shape index (κ2) is 5.63. The van der Waals surface area contributed by atoms with Crippen molar-refractivity contribution in [2.75, 3.05) is 13.1 Å². The van der Waals surface area contributed by atoms with Crippen molar-refractivity contribution in [3.05, 3.63) is 34.4 Å². The van der Waals surface area contributed by atoms with E-state index in [0.29, 0.717) is 29.4 Å². The molecule has 126 valence electrons. The Bertz CT molecular complexity index is 814. The molecule has 2 aliphatic rings. The number of aliphatic carboxylic acids is 1. The minimum Gasteiger partial charge on any atom is -0.481 e. The third kappa shape index (κ3) is 2.28. The number of nitrogens with one attached hydrogen (secondary N) is 1. The highest BCUT2D eigenvalue weighted by molar-refractivity contribution is 7.19. The van der Waals surface area contributed by atoms with Gasteiger partial charge in [-0.2, -0.15) is 0 Å². The number of rotatable bonds is 3. The van der Waals surface area contributed by atoms with Crippen LogP contribution in [-0.4, -0.2) is 40.0 Å². The van der Waals surface area contributed by atoms with Gasteiger partial charge in [0.25, 0.3) is 5.91 Å². The van der Waals surface area contributed by atoms with Crippen LogP contribution in [0.3, 0.4) is 0 Å². The standard InChI is InChI=1S/C17H17ClN2O3S/c18-14-4-3-13(24-14)11-6-19-7-12(11)15(21)20-8-10-2-1-5-17(10,9-20)16(22)23/h3-4,6-7,10,19H,1-2,5,8-9H2,(H,22,23)/t10-,17+/m0/s1. The molecule has 0 radical (unpaired) electrons. The van der Waals surface area contributed by atoms with Crippen molar-refractivity contribution in [1.82, 2.24) is 9.88 Å². The molecule has 3 heterocycles. The molecule has 7 heteroatoms. The maximum Gasteiger partial charge on any atom is 0.311 e. The molecule has 2 aromatic rings. The molecule has 1 saturated heterocycles. The number of carboxylic acids is 1. The first-order valence-electron chi connectivity index (χ1n) is 7.96. The van der Waals surface area contributed by atoms with Crippen LogP contribution in [0.15, 0.2) is 24.5 Å². The number of fused-ring (bicyclic) bond motifs is 1. The zero-order valence-electron chi connectivity index (χ0n) is 12.9. The Kier molecular flexibility index (Phi) is 3.69. The summed E-state index contributed by atoms with van der Waals surface area (Å²) in [5.41, 5.74) is 0.644. The molecule has 0 unspecified atom stereocenters. The van der Waals surface area contributed by atoms with Gasteiger partial charge >= 0.3 is 5.97 Å². The van der Waals surface area contributed by atoms with E-state index in [4.69, 9.17) is 11.6 Å². The van der Waals surface area contributed by atoms with Crippen LogP contribution in [-0.2, 0) is 4.79 Å². The van der Waals surface area contributed by atoms with Crippen LogP contribution in [0.4, 0.5) is 0 Å². The van der Waals surface area contributed by atoms with E-state index in [1.54, 1.807) is 17.3 Å². The molecule has 1 aliphatic carbocycles. The van der Waals surface area contributed by atoms with E-state index in [1.807, 2.05) is 12.1 Å². The fourth-order valence-corrected chi connectivity index (χ4v) is 5.24. The number of hydrogen-bond donors (Lipinski definition) is 2. The van der Waals surface area contributed by atoms with Crippen LogP contribution < -0.4 is 0 Å². The number of aromatic nitrogens is 1. The van der Waals surface area contributed by atoms with Crippen LogP contribution in [0, 0.1) is 11.3 Å². The van der Waals surface area contributed by atoms with Gasteiger partial charge in [-0.05, 0) is 30.9 Å². The second-order valence-corrected chi connectivity index (χ2v) is 8.34. The van der Waals surface area contributed by atoms with Gasteiger partial charge in [0.05, 0.1) is 15.3 Å². The van der Waals surface area contributed by atoms with Crippen molar-refractivity contribution < 1.29 is 14.7 Å². The quantitative estimate of drug-likeness (QED) is 0.871. The predicted molar refractivity (Wildman–Crippen MR) is 92.4 cm³/mol. The normalized spacial score (nSPS) is 25.9. The lowest BCUT2D eigenvalue weighted by Crippen LogP contribution is -2.37. The average Bonchev–Trinajstić information content (AvgIpc) is 3.28. The SMILES string of the molecule is O=C(c1c[nH]cc1-c1ccc(Cl)s1)N1C[C@@H]2CCC[C@@]2(C(=O)O)C1. The summed E-state index contributed by atoms with van der Waals surface area (Å²) in [4.78, 5) is 30.4. The first-order valence-corrected chi connectivity index (χ1v) is 9.16. The summed E-state index contributed by atoms with van der Waals surface area (Å²) < 4.78 is 0.671. The zero-order valence-corrected chi connectivity index (χ0v) is 14.5. The first kappa shape index (κ1) is 15.7. The van der Waals surface area contributed by atoms with E-state index in [2.05, 4.69) is 4.98 Å². The largest absolute Gasteiger partial charge is 0.481 e. The fourth-order valence-electron chi connectivity index (χ4n) is 4.17. The molecule has 2 atom stereocenters. The Morgan fingerprint density at radius 2 is 2.21 bits per heavy atom. The van der Waals surface area contributed by atoms with Gasteiger partial charge in [-0.1, -0.05) is 18.0 Å². The minimum absolute atomic E-state index is 0.0672. The molecule has 2 aromatic heterocycles. The number of nitrogens with zero attached hydrogens (tertiary/aromatic N) is 1. The number of thiophene rings is 1. The lowest BCUT2D eigenvalue weighted by Gasteiger charge is -2.23. The number of hydrogen-bond acceptors (Lipinski definition) is 3. The number of halogens is 1. The van der Waals surface area contributed by atoms with Gasteiger partial charge in [0, 0.05) is 35.9 Å². The number of carboxylic acid groups (broad SMARTS) is 1. The first-order chi connectivity index (χ1) is 11.5. The van der Waals surface area contributed by atoms with Crippen molar-refractivity contribution in [2.24, 2.45) is 11.3 Å². The third-order valence-corrected chi connectivity index (χ3v) is 6.66. The summed E-state index contributed by atoms with van der Waals surface area (Å²) in [6.07, 6.45) is 5.96. The second-order valence-electron chi connectivity index (χ2n) is 6.62. The van der Waals surface area contributed by atoms with E-state index >= 15 is 0 Å². The smallest absolute Gasteiger partial charge is 0.311 e. The van der Waals surface area contributed by atoms with Gasteiger partial charge in [0.1, 0.15) is 0 Å². The third-order valence-electron chi connectivity index (χ3n) is 5.40. The summed E-state index contributed by atoms with van der Waals surface area (Å²) in [5.74, 6) is -0.803. The van der Waals surface area contributed by atoms with Crippen molar-refractivity contribution >= 4 is 34.8 Å². The highest BCUT2D eigenvalue weighted by atomic mass is 35.5. The minimum atomic E-state index is -0.764. The molecule has 2 fully saturated rings. The summed E-state index contributed by atoms with van der Waals surface area (Å²) in [6.45, 7) is 0.836. The lowest BCUT2D eigenvalue weighted by molar-refractivity contribution is -0.149. The van der Waals surface area contributed by atoms with Crippen molar-refractivity contribution in [3.63, 3.8) is 0 Å². The van der Waals surface area contributed by atoms with E-state index in [0.717, 1.165) is 23.3 Å². The molecule has 1 aliphatic heterocycles. The summed E-state index contributed by atoms with van der Waals surface area (Å²) in [5, 5.41) is 9.68. The van der Waals surface area contributed by atoms with Crippen molar-refractivity contribution in [1.29, 1.82) is 0 Å². The van der Waals surface area contributed by atoms with Crippen molar-refractivity contribution in [3.8, 4) is 10.4 Å². The Morgan fingerprint density at radius 1 is 1.38 bits per heavy atom. The molecule has 2 N–H and O–H groups in total. The van der Waals surface area contributed by atoms with Crippen molar-refractivity contribution in [2.45, 2.75) is 19.3 Å². The molecule has 5 nitrogen and oxygen atoms in total. The number of amides is 1.